The number of halogens is 3. The van der Waals surface area contributed by atoms with Crippen LogP contribution in [0, 0.1) is 5.92 Å². The number of alkyl halides is 3. The summed E-state index contributed by atoms with van der Waals surface area (Å²) in [6, 6.07) is 5.52. The third-order valence-electron chi connectivity index (χ3n) is 3.37. The van der Waals surface area contributed by atoms with Crippen LogP contribution in [-0.2, 0) is 4.79 Å². The smallest absolute Gasteiger partial charge is 0.403 e. The molecule has 0 bridgehead atoms. The summed E-state index contributed by atoms with van der Waals surface area (Å²) in [6.45, 7) is 0. The Hall–Kier alpha value is -2.05. The molecule has 0 spiro atoms. The van der Waals surface area contributed by atoms with Gasteiger partial charge in [0.15, 0.2) is 5.75 Å². The van der Waals surface area contributed by atoms with Gasteiger partial charge < -0.3 is 4.74 Å². The van der Waals surface area contributed by atoms with Gasteiger partial charge >= 0.3 is 6.36 Å². The number of hydrogen-bond acceptors (Lipinski definition) is 3. The fourth-order valence-corrected chi connectivity index (χ4v) is 2.28. The number of carbonyl (C=O) groups is 1. The molecule has 0 radical (unpaired) electrons. The molecule has 1 heterocycles. The van der Waals surface area contributed by atoms with Gasteiger partial charge in [-0.15, -0.1) is 13.2 Å². The average Bonchev–Trinajstić information content (AvgIpc) is 3.11. The van der Waals surface area contributed by atoms with Gasteiger partial charge in [-0.3, -0.25) is 4.79 Å². The quantitative estimate of drug-likeness (QED) is 0.854. The van der Waals surface area contributed by atoms with E-state index in [1.807, 2.05) is 0 Å². The number of nitrogens with zero attached hydrogens (tertiary/aromatic N) is 2. The molecule has 7 heteroatoms. The predicted octanol–water partition coefficient (Wildman–Crippen LogP) is 3.48. The molecular weight excluding hydrogens is 285 g/mol. The summed E-state index contributed by atoms with van der Waals surface area (Å²) in [5, 5.41) is 5.18. The van der Waals surface area contributed by atoms with Gasteiger partial charge in [0.1, 0.15) is 5.69 Å². The van der Waals surface area contributed by atoms with E-state index in [9.17, 15) is 18.0 Å². The fraction of sp³-hybridized carbons (Fsp3) is 0.429. The van der Waals surface area contributed by atoms with Gasteiger partial charge in [0.2, 0.25) is 0 Å². The van der Waals surface area contributed by atoms with Crippen molar-refractivity contribution in [2.45, 2.75) is 32.0 Å². The summed E-state index contributed by atoms with van der Waals surface area (Å²) in [5.74, 6) is -0.184. The molecule has 1 amide bonds. The maximum absolute atomic E-state index is 12.4. The van der Waals surface area contributed by atoms with Crippen LogP contribution in [0.1, 0.15) is 25.7 Å². The summed E-state index contributed by atoms with van der Waals surface area (Å²) in [5.41, 5.74) is 0.745. The lowest BCUT2D eigenvalue weighted by Crippen LogP contribution is -2.23. The lowest BCUT2D eigenvalue weighted by Gasteiger charge is -2.17. The van der Waals surface area contributed by atoms with Crippen molar-refractivity contribution >= 4 is 17.3 Å². The zero-order chi connectivity index (χ0) is 15.0. The highest BCUT2D eigenvalue weighted by Gasteiger charge is 2.35. The molecule has 1 fully saturated rings. The van der Waals surface area contributed by atoms with Gasteiger partial charge in [0.05, 0.1) is 6.42 Å². The fourth-order valence-electron chi connectivity index (χ4n) is 2.28. The molecule has 3 rings (SSSR count). The average molecular weight is 298 g/mol. The molecule has 0 unspecified atom stereocenters. The normalized spacial score (nSPS) is 18.9. The van der Waals surface area contributed by atoms with Crippen LogP contribution in [0.25, 0.3) is 0 Å². The highest BCUT2D eigenvalue weighted by molar-refractivity contribution is 6.13. The third kappa shape index (κ3) is 3.34. The largest absolute Gasteiger partial charge is 0.573 e. The number of hydrogen-bond donors (Lipinski definition) is 0. The van der Waals surface area contributed by atoms with Crippen molar-refractivity contribution in [3.63, 3.8) is 0 Å². The summed E-state index contributed by atoms with van der Waals surface area (Å²) in [4.78, 5) is 12.0. The van der Waals surface area contributed by atoms with Crippen LogP contribution >= 0.6 is 0 Å². The van der Waals surface area contributed by atoms with Crippen molar-refractivity contribution in [2.75, 3.05) is 5.01 Å². The first-order valence-corrected chi connectivity index (χ1v) is 6.66. The maximum Gasteiger partial charge on any atom is 0.573 e. The minimum atomic E-state index is -4.81. The highest BCUT2D eigenvalue weighted by atomic mass is 19.4. The van der Waals surface area contributed by atoms with E-state index in [1.54, 1.807) is 6.07 Å². The summed E-state index contributed by atoms with van der Waals surface area (Å²) < 4.78 is 41.2. The number of carbonyl (C=O) groups excluding carboxylic acids is 1. The Balaban J connectivity index is 1.85. The lowest BCUT2D eigenvalue weighted by atomic mass is 10.1. The van der Waals surface area contributed by atoms with Gasteiger partial charge in [-0.05, 0) is 37.3 Å². The zero-order valence-corrected chi connectivity index (χ0v) is 11.1. The van der Waals surface area contributed by atoms with Gasteiger partial charge in [-0.25, -0.2) is 0 Å². The molecule has 112 valence electrons. The Labute approximate surface area is 119 Å². The van der Waals surface area contributed by atoms with Gasteiger partial charge in [-0.1, -0.05) is 12.1 Å². The van der Waals surface area contributed by atoms with Crippen molar-refractivity contribution < 1.29 is 22.7 Å². The number of para-hydroxylation sites is 2. The number of rotatable bonds is 4. The first-order valence-electron chi connectivity index (χ1n) is 6.66. The molecule has 1 aliphatic carbocycles. The van der Waals surface area contributed by atoms with Gasteiger partial charge in [0, 0.05) is 5.71 Å². The Morgan fingerprint density at radius 1 is 1.29 bits per heavy atom. The molecule has 4 nitrogen and oxygen atoms in total. The lowest BCUT2D eigenvalue weighted by molar-refractivity contribution is -0.274. The van der Waals surface area contributed by atoms with Crippen LogP contribution in [0.5, 0.6) is 5.75 Å². The number of ether oxygens (including phenoxy) is 1. The first-order chi connectivity index (χ1) is 9.92. The first kappa shape index (κ1) is 13.9. The van der Waals surface area contributed by atoms with Crippen LogP contribution in [-0.4, -0.2) is 18.0 Å². The topological polar surface area (TPSA) is 41.9 Å². The second kappa shape index (κ2) is 5.05. The predicted molar refractivity (Wildman–Crippen MR) is 70.0 cm³/mol. The molecule has 0 aromatic heterocycles. The summed E-state index contributed by atoms with van der Waals surface area (Å²) in [7, 11) is 0. The van der Waals surface area contributed by atoms with Gasteiger partial charge in [0.25, 0.3) is 5.91 Å². The minimum absolute atomic E-state index is 0.0191. The Bertz CT molecular complexity index is 594. The van der Waals surface area contributed by atoms with Crippen LogP contribution in [0.3, 0.4) is 0 Å². The Morgan fingerprint density at radius 2 is 2.00 bits per heavy atom. The van der Waals surface area contributed by atoms with Crippen LogP contribution < -0.4 is 9.75 Å². The van der Waals surface area contributed by atoms with Crippen molar-refractivity contribution in [3.05, 3.63) is 24.3 Å². The van der Waals surface area contributed by atoms with Crippen molar-refractivity contribution in [2.24, 2.45) is 11.0 Å². The second-order valence-electron chi connectivity index (χ2n) is 5.21. The van der Waals surface area contributed by atoms with E-state index < -0.39 is 12.1 Å². The van der Waals surface area contributed by atoms with Crippen LogP contribution in [0.2, 0.25) is 0 Å². The molecular formula is C14H13F3N2O2. The molecule has 0 atom stereocenters. The van der Waals surface area contributed by atoms with Crippen molar-refractivity contribution in [1.29, 1.82) is 0 Å². The Kier molecular flexibility index (Phi) is 3.35. The van der Waals surface area contributed by atoms with E-state index in [0.717, 1.165) is 30.0 Å². The van der Waals surface area contributed by atoms with E-state index in [1.165, 1.54) is 18.2 Å². The maximum atomic E-state index is 12.4. The van der Waals surface area contributed by atoms with E-state index in [4.69, 9.17) is 0 Å². The summed E-state index contributed by atoms with van der Waals surface area (Å²) >= 11 is 0. The zero-order valence-electron chi connectivity index (χ0n) is 11.1. The van der Waals surface area contributed by atoms with Gasteiger partial charge in [-0.2, -0.15) is 10.1 Å². The number of benzene rings is 1. The molecule has 1 aromatic carbocycles. The number of hydrazone groups is 1. The molecule has 21 heavy (non-hydrogen) atoms. The minimum Gasteiger partial charge on any atom is -0.403 e. The van der Waals surface area contributed by atoms with E-state index in [-0.39, 0.29) is 18.0 Å². The standard InChI is InChI=1S/C14H13F3N2O2/c15-14(16,17)21-12-4-2-1-3-11(12)19-13(20)8-10(18-19)7-9-5-6-9/h1-4,9H,5-8H2. The SMILES string of the molecule is O=C1CC(CC2CC2)=NN1c1ccccc1OC(F)(F)F. The monoisotopic (exact) mass is 298 g/mol. The number of amides is 1. The van der Waals surface area contributed by atoms with Crippen molar-refractivity contribution in [3.8, 4) is 5.75 Å². The third-order valence-corrected chi connectivity index (χ3v) is 3.37. The molecule has 2 aliphatic rings. The van der Waals surface area contributed by atoms with Crippen LogP contribution in [0.15, 0.2) is 29.4 Å². The second-order valence-corrected chi connectivity index (χ2v) is 5.21. The van der Waals surface area contributed by atoms with E-state index >= 15 is 0 Å². The Morgan fingerprint density at radius 3 is 2.67 bits per heavy atom. The summed E-state index contributed by atoms with van der Waals surface area (Å²) in [6.07, 6.45) is -1.65. The van der Waals surface area contributed by atoms with Crippen molar-refractivity contribution in [1.82, 2.24) is 0 Å². The van der Waals surface area contributed by atoms with E-state index in [0.29, 0.717) is 5.92 Å². The molecule has 0 saturated heterocycles. The van der Waals surface area contributed by atoms with Crippen LogP contribution in [0.4, 0.5) is 18.9 Å². The van der Waals surface area contributed by atoms with E-state index in [2.05, 4.69) is 9.84 Å². The molecule has 1 aliphatic heterocycles. The highest BCUT2D eigenvalue weighted by Crippen LogP contribution is 2.37. The molecule has 1 saturated carbocycles. The molecule has 0 N–H and O–H groups in total. The number of anilines is 1. The molecule has 1 aromatic rings.